The summed E-state index contributed by atoms with van der Waals surface area (Å²) in [7, 11) is 0. The summed E-state index contributed by atoms with van der Waals surface area (Å²) in [5, 5.41) is 12.1. The maximum atomic E-state index is 12.2. The van der Waals surface area contributed by atoms with Crippen molar-refractivity contribution in [2.75, 3.05) is 6.61 Å². The third-order valence-corrected chi connectivity index (χ3v) is 2.40. The summed E-state index contributed by atoms with van der Waals surface area (Å²) in [4.78, 5) is 0. The number of hydrogen-bond donors (Lipinski definition) is 2. The lowest BCUT2D eigenvalue weighted by Crippen LogP contribution is -2.30. The zero-order chi connectivity index (χ0) is 13.5. The number of nitrogens with one attached hydrogen (secondary N) is 1. The number of aliphatic hydroxyl groups is 1. The second kappa shape index (κ2) is 7.17. The highest BCUT2D eigenvalue weighted by Gasteiger charge is 2.11. The molecule has 0 fully saturated rings. The Balaban J connectivity index is 2.79. The van der Waals surface area contributed by atoms with Crippen LogP contribution in [-0.2, 0) is 6.54 Å². The van der Waals surface area contributed by atoms with Crippen LogP contribution >= 0.6 is 11.6 Å². The summed E-state index contributed by atoms with van der Waals surface area (Å²) in [5.74, 6) is 2.34. The van der Waals surface area contributed by atoms with Gasteiger partial charge in [-0.3, -0.25) is 5.32 Å². The number of halogens is 3. The summed E-state index contributed by atoms with van der Waals surface area (Å²) in [6, 6.07) is 3.75. The number of hydrogen-bond acceptors (Lipinski definition) is 3. The van der Waals surface area contributed by atoms with Crippen LogP contribution in [-0.4, -0.2) is 24.4 Å². The van der Waals surface area contributed by atoms with Gasteiger partial charge in [0.1, 0.15) is 5.75 Å². The maximum absolute atomic E-state index is 12.2. The molecule has 1 aromatic rings. The Hall–Kier alpha value is -1.35. The predicted octanol–water partition coefficient (Wildman–Crippen LogP) is 2.03. The van der Waals surface area contributed by atoms with Crippen LogP contribution < -0.4 is 10.1 Å². The lowest BCUT2D eigenvalue weighted by atomic mass is 10.2. The first-order valence-corrected chi connectivity index (χ1v) is 5.48. The van der Waals surface area contributed by atoms with Gasteiger partial charge in [-0.05, 0) is 18.2 Å². The third kappa shape index (κ3) is 4.49. The van der Waals surface area contributed by atoms with Crippen molar-refractivity contribution >= 4 is 11.6 Å². The van der Waals surface area contributed by atoms with Gasteiger partial charge in [-0.1, -0.05) is 17.5 Å². The van der Waals surface area contributed by atoms with Gasteiger partial charge in [0, 0.05) is 17.1 Å². The summed E-state index contributed by atoms with van der Waals surface area (Å²) in [6.45, 7) is -2.99. The first-order valence-electron chi connectivity index (χ1n) is 5.10. The fourth-order valence-electron chi connectivity index (χ4n) is 1.31. The van der Waals surface area contributed by atoms with Gasteiger partial charge in [0.2, 0.25) is 0 Å². The molecule has 0 aliphatic heterocycles. The summed E-state index contributed by atoms with van der Waals surface area (Å²) in [5.41, 5.74) is 0.441. The molecular formula is C12H12ClF2NO2. The molecule has 1 rings (SSSR count). The van der Waals surface area contributed by atoms with Crippen LogP contribution in [0.3, 0.4) is 0 Å². The number of benzene rings is 1. The van der Waals surface area contributed by atoms with Crippen LogP contribution in [0.5, 0.6) is 5.75 Å². The van der Waals surface area contributed by atoms with Crippen LogP contribution in [0.15, 0.2) is 18.2 Å². The zero-order valence-corrected chi connectivity index (χ0v) is 10.1. The molecule has 0 amide bonds. The van der Waals surface area contributed by atoms with Crippen molar-refractivity contribution in [2.45, 2.75) is 19.2 Å². The molecule has 0 heterocycles. The van der Waals surface area contributed by atoms with Crippen molar-refractivity contribution in [1.82, 2.24) is 5.32 Å². The highest BCUT2D eigenvalue weighted by Crippen LogP contribution is 2.24. The van der Waals surface area contributed by atoms with Crippen LogP contribution in [0.4, 0.5) is 8.78 Å². The minimum Gasteiger partial charge on any atom is -0.434 e. The standard InChI is InChI=1S/C12H12ClF2NO2/c1-2-10(7-17)16-6-8-5-9(13)3-4-11(8)18-12(14)15/h1,3-5,10,12,16-17H,6-7H2. The Morgan fingerprint density at radius 3 is 2.78 bits per heavy atom. The zero-order valence-electron chi connectivity index (χ0n) is 9.37. The molecule has 98 valence electrons. The molecule has 0 aliphatic rings. The van der Waals surface area contributed by atoms with Gasteiger partial charge in [-0.2, -0.15) is 8.78 Å². The van der Waals surface area contributed by atoms with E-state index in [4.69, 9.17) is 23.1 Å². The molecule has 0 radical (unpaired) electrons. The fraction of sp³-hybridized carbons (Fsp3) is 0.333. The molecule has 1 unspecified atom stereocenters. The third-order valence-electron chi connectivity index (χ3n) is 2.16. The van der Waals surface area contributed by atoms with Crippen molar-refractivity contribution in [1.29, 1.82) is 0 Å². The topological polar surface area (TPSA) is 41.5 Å². The van der Waals surface area contributed by atoms with Gasteiger partial charge < -0.3 is 9.84 Å². The minimum absolute atomic E-state index is 0.0237. The van der Waals surface area contributed by atoms with Gasteiger partial charge in [-0.15, -0.1) is 6.42 Å². The molecule has 1 aromatic carbocycles. The lowest BCUT2D eigenvalue weighted by molar-refractivity contribution is -0.0505. The Morgan fingerprint density at radius 2 is 2.22 bits per heavy atom. The average Bonchev–Trinajstić information content (AvgIpc) is 2.33. The normalized spacial score (nSPS) is 12.2. The van der Waals surface area contributed by atoms with E-state index in [-0.39, 0.29) is 18.9 Å². The molecule has 1 atom stereocenters. The van der Waals surface area contributed by atoms with Gasteiger partial charge >= 0.3 is 6.61 Å². The van der Waals surface area contributed by atoms with Crippen LogP contribution in [0.25, 0.3) is 0 Å². The smallest absolute Gasteiger partial charge is 0.387 e. The predicted molar refractivity (Wildman–Crippen MR) is 64.6 cm³/mol. The largest absolute Gasteiger partial charge is 0.434 e. The number of aliphatic hydroxyl groups excluding tert-OH is 1. The lowest BCUT2D eigenvalue weighted by Gasteiger charge is -2.14. The summed E-state index contributed by atoms with van der Waals surface area (Å²) >= 11 is 5.78. The second-order valence-corrected chi connectivity index (χ2v) is 3.85. The van der Waals surface area contributed by atoms with Gasteiger partial charge in [0.25, 0.3) is 0 Å². The Labute approximate surface area is 109 Å². The van der Waals surface area contributed by atoms with Gasteiger partial charge in [-0.25, -0.2) is 0 Å². The molecule has 0 bridgehead atoms. The number of alkyl halides is 2. The van der Waals surface area contributed by atoms with Crippen LogP contribution in [0.2, 0.25) is 5.02 Å². The summed E-state index contributed by atoms with van der Waals surface area (Å²) in [6.07, 6.45) is 5.15. The fourth-order valence-corrected chi connectivity index (χ4v) is 1.50. The Bertz CT molecular complexity index is 435. The van der Waals surface area contributed by atoms with E-state index in [2.05, 4.69) is 16.0 Å². The number of terminal acetylenes is 1. The van der Waals surface area contributed by atoms with E-state index < -0.39 is 12.7 Å². The summed E-state index contributed by atoms with van der Waals surface area (Å²) < 4.78 is 28.7. The average molecular weight is 276 g/mol. The van der Waals surface area contributed by atoms with E-state index in [9.17, 15) is 8.78 Å². The first-order chi connectivity index (χ1) is 8.56. The highest BCUT2D eigenvalue weighted by molar-refractivity contribution is 6.30. The SMILES string of the molecule is C#CC(CO)NCc1cc(Cl)ccc1OC(F)F. The van der Waals surface area contributed by atoms with Crippen molar-refractivity contribution in [3.05, 3.63) is 28.8 Å². The number of rotatable bonds is 6. The van der Waals surface area contributed by atoms with E-state index in [0.717, 1.165) is 0 Å². The van der Waals surface area contributed by atoms with Crippen molar-refractivity contribution in [3.8, 4) is 18.1 Å². The minimum atomic E-state index is -2.91. The maximum Gasteiger partial charge on any atom is 0.387 e. The molecule has 0 saturated heterocycles. The first kappa shape index (κ1) is 14.7. The van der Waals surface area contributed by atoms with E-state index in [1.807, 2.05) is 0 Å². The molecule has 0 aliphatic carbocycles. The molecule has 18 heavy (non-hydrogen) atoms. The van der Waals surface area contributed by atoms with Crippen LogP contribution in [0.1, 0.15) is 5.56 Å². The molecule has 6 heteroatoms. The molecule has 0 aromatic heterocycles. The van der Waals surface area contributed by atoms with E-state index in [1.54, 1.807) is 0 Å². The molecule has 0 spiro atoms. The monoisotopic (exact) mass is 275 g/mol. The Morgan fingerprint density at radius 1 is 1.50 bits per heavy atom. The van der Waals surface area contributed by atoms with E-state index in [1.165, 1.54) is 18.2 Å². The molecule has 2 N–H and O–H groups in total. The highest BCUT2D eigenvalue weighted by atomic mass is 35.5. The van der Waals surface area contributed by atoms with Crippen molar-refractivity contribution in [2.24, 2.45) is 0 Å². The molecule has 3 nitrogen and oxygen atoms in total. The molecular weight excluding hydrogens is 264 g/mol. The van der Waals surface area contributed by atoms with Crippen molar-refractivity contribution < 1.29 is 18.6 Å². The van der Waals surface area contributed by atoms with Crippen LogP contribution in [0, 0.1) is 12.3 Å². The van der Waals surface area contributed by atoms with Gasteiger partial charge in [0.05, 0.1) is 12.6 Å². The second-order valence-electron chi connectivity index (χ2n) is 3.41. The number of ether oxygens (including phenoxy) is 1. The van der Waals surface area contributed by atoms with Gasteiger partial charge in [0.15, 0.2) is 0 Å². The van der Waals surface area contributed by atoms with E-state index in [0.29, 0.717) is 10.6 Å². The Kier molecular flexibility index (Phi) is 5.86. The molecule has 0 saturated carbocycles. The quantitative estimate of drug-likeness (QED) is 0.781. The van der Waals surface area contributed by atoms with E-state index >= 15 is 0 Å². The van der Waals surface area contributed by atoms with Crippen molar-refractivity contribution in [3.63, 3.8) is 0 Å².